The van der Waals surface area contributed by atoms with Gasteiger partial charge >= 0.3 is 6.01 Å². The van der Waals surface area contributed by atoms with Crippen molar-refractivity contribution in [3.05, 3.63) is 36.0 Å². The van der Waals surface area contributed by atoms with Gasteiger partial charge in [-0.3, -0.25) is 14.8 Å². The van der Waals surface area contributed by atoms with Crippen LogP contribution >= 0.6 is 0 Å². The number of hydrogen-bond donors (Lipinski definition) is 1. The minimum atomic E-state index is -0.438. The first-order valence-electron chi connectivity index (χ1n) is 9.13. The smallest absolute Gasteiger partial charge is 0.322 e. The van der Waals surface area contributed by atoms with E-state index in [9.17, 15) is 4.79 Å². The second-order valence-corrected chi connectivity index (χ2v) is 6.47. The molecule has 158 valence electrons. The molecule has 0 aliphatic rings. The first-order chi connectivity index (χ1) is 14.4. The molecule has 1 aromatic carbocycles. The van der Waals surface area contributed by atoms with Gasteiger partial charge in [-0.25, -0.2) is 0 Å². The molecule has 0 saturated carbocycles. The summed E-state index contributed by atoms with van der Waals surface area (Å²) in [6.07, 6.45) is 4.75. The molecular formula is C20H23N5O5. The van der Waals surface area contributed by atoms with E-state index in [1.54, 1.807) is 29.0 Å². The van der Waals surface area contributed by atoms with Crippen molar-refractivity contribution in [3.8, 4) is 28.8 Å². The zero-order valence-corrected chi connectivity index (χ0v) is 17.4. The van der Waals surface area contributed by atoms with Crippen LogP contribution in [0.5, 0.6) is 17.2 Å². The van der Waals surface area contributed by atoms with E-state index in [1.807, 2.05) is 20.0 Å². The third-order valence-corrected chi connectivity index (χ3v) is 4.13. The topological polar surface area (TPSA) is 114 Å². The Bertz CT molecular complexity index is 1030. The fourth-order valence-electron chi connectivity index (χ4n) is 2.63. The lowest BCUT2D eigenvalue weighted by Crippen LogP contribution is -2.07. The number of methoxy groups -OCH3 is 3. The van der Waals surface area contributed by atoms with Crippen LogP contribution in [0.4, 0.5) is 6.01 Å². The fourth-order valence-corrected chi connectivity index (χ4v) is 2.63. The molecule has 0 fully saturated rings. The highest BCUT2D eigenvalue weighted by Crippen LogP contribution is 2.38. The number of nitrogens with zero attached hydrogens (tertiary/aromatic N) is 4. The summed E-state index contributed by atoms with van der Waals surface area (Å²) in [5.41, 5.74) is 1.22. The highest BCUT2D eigenvalue weighted by atomic mass is 16.5. The SMILES string of the molecule is COc1cc(C=CC(=O)Nc2nnc(-c3ccn(C(C)C)n3)o2)cc(OC)c1OC. The number of carbonyl (C=O) groups excluding carboxylic acids is 1. The van der Waals surface area contributed by atoms with Crippen molar-refractivity contribution in [1.29, 1.82) is 0 Å². The van der Waals surface area contributed by atoms with Crippen molar-refractivity contribution < 1.29 is 23.4 Å². The lowest BCUT2D eigenvalue weighted by molar-refractivity contribution is -0.112. The molecule has 3 aromatic rings. The molecule has 0 saturated heterocycles. The molecule has 2 heterocycles. The van der Waals surface area contributed by atoms with Crippen molar-refractivity contribution in [3.63, 3.8) is 0 Å². The lowest BCUT2D eigenvalue weighted by atomic mass is 10.1. The van der Waals surface area contributed by atoms with Gasteiger partial charge in [0.15, 0.2) is 11.5 Å². The summed E-state index contributed by atoms with van der Waals surface area (Å²) < 4.78 is 23.1. The molecular weight excluding hydrogens is 390 g/mol. The molecule has 3 rings (SSSR count). The normalized spacial score (nSPS) is 11.1. The van der Waals surface area contributed by atoms with Crippen molar-refractivity contribution >= 4 is 18.0 Å². The Kier molecular flexibility index (Phi) is 6.35. The summed E-state index contributed by atoms with van der Waals surface area (Å²) in [4.78, 5) is 12.2. The van der Waals surface area contributed by atoms with Gasteiger partial charge in [-0.05, 0) is 43.7 Å². The molecule has 10 nitrogen and oxygen atoms in total. The zero-order chi connectivity index (χ0) is 21.7. The number of carbonyl (C=O) groups is 1. The maximum Gasteiger partial charge on any atom is 0.322 e. The third kappa shape index (κ3) is 4.59. The van der Waals surface area contributed by atoms with Crippen LogP contribution in [-0.2, 0) is 4.79 Å². The van der Waals surface area contributed by atoms with E-state index in [0.717, 1.165) is 0 Å². The number of amides is 1. The van der Waals surface area contributed by atoms with Gasteiger partial charge in [0, 0.05) is 18.3 Å². The van der Waals surface area contributed by atoms with E-state index in [0.29, 0.717) is 28.5 Å². The average Bonchev–Trinajstić information content (AvgIpc) is 3.41. The van der Waals surface area contributed by atoms with Crippen LogP contribution in [0.25, 0.3) is 17.7 Å². The number of rotatable bonds is 8. The molecule has 10 heteroatoms. The third-order valence-electron chi connectivity index (χ3n) is 4.13. The number of ether oxygens (including phenoxy) is 3. The zero-order valence-electron chi connectivity index (χ0n) is 17.4. The molecule has 0 atom stereocenters. The molecule has 0 bridgehead atoms. The summed E-state index contributed by atoms with van der Waals surface area (Å²) in [5.74, 6) is 1.23. The summed E-state index contributed by atoms with van der Waals surface area (Å²) in [6, 6.07) is 5.40. The van der Waals surface area contributed by atoms with Crippen LogP contribution in [0.15, 0.2) is 34.9 Å². The Morgan fingerprint density at radius 1 is 1.13 bits per heavy atom. The van der Waals surface area contributed by atoms with Crippen molar-refractivity contribution in [2.24, 2.45) is 0 Å². The monoisotopic (exact) mass is 413 g/mol. The first-order valence-corrected chi connectivity index (χ1v) is 9.13. The molecule has 1 N–H and O–H groups in total. The highest BCUT2D eigenvalue weighted by Gasteiger charge is 2.14. The van der Waals surface area contributed by atoms with E-state index in [1.165, 1.54) is 27.4 Å². The van der Waals surface area contributed by atoms with Crippen molar-refractivity contribution in [2.75, 3.05) is 26.6 Å². The number of anilines is 1. The number of hydrogen-bond acceptors (Lipinski definition) is 8. The molecule has 2 aromatic heterocycles. The minimum Gasteiger partial charge on any atom is -0.493 e. The van der Waals surface area contributed by atoms with E-state index in [-0.39, 0.29) is 17.9 Å². The molecule has 0 aliphatic heterocycles. The molecule has 0 aliphatic carbocycles. The average molecular weight is 413 g/mol. The van der Waals surface area contributed by atoms with Crippen LogP contribution in [0.1, 0.15) is 25.5 Å². The Morgan fingerprint density at radius 2 is 1.83 bits per heavy atom. The van der Waals surface area contributed by atoms with E-state index < -0.39 is 5.91 Å². The lowest BCUT2D eigenvalue weighted by Gasteiger charge is -2.12. The van der Waals surface area contributed by atoms with Gasteiger partial charge in [0.25, 0.3) is 11.8 Å². The highest BCUT2D eigenvalue weighted by molar-refractivity contribution is 6.00. The van der Waals surface area contributed by atoms with Crippen molar-refractivity contribution in [2.45, 2.75) is 19.9 Å². The predicted molar refractivity (Wildman–Crippen MR) is 110 cm³/mol. The Hall–Kier alpha value is -3.82. The number of aromatic nitrogens is 4. The Morgan fingerprint density at radius 3 is 2.40 bits per heavy atom. The maximum atomic E-state index is 12.2. The molecule has 0 unspecified atom stereocenters. The largest absolute Gasteiger partial charge is 0.493 e. The standard InChI is InChI=1S/C20H23N5O5/c1-12(2)25-9-8-14(24-25)19-22-23-20(30-19)21-17(26)7-6-13-10-15(27-3)18(29-5)16(11-13)28-4/h6-12H,1-5H3,(H,21,23,26). The van der Waals surface area contributed by atoms with Gasteiger partial charge < -0.3 is 18.6 Å². The molecule has 1 amide bonds. The van der Waals surface area contributed by atoms with Gasteiger partial charge in [-0.1, -0.05) is 5.10 Å². The second kappa shape index (κ2) is 9.12. The predicted octanol–water partition coefficient (Wildman–Crippen LogP) is 3.19. The quantitative estimate of drug-likeness (QED) is 0.560. The van der Waals surface area contributed by atoms with Gasteiger partial charge in [0.2, 0.25) is 5.75 Å². The molecule has 0 spiro atoms. The Labute approximate surface area is 173 Å². The molecule has 0 radical (unpaired) electrons. The van der Waals surface area contributed by atoms with Crippen LogP contribution in [0.3, 0.4) is 0 Å². The van der Waals surface area contributed by atoms with Crippen LogP contribution < -0.4 is 19.5 Å². The number of nitrogens with one attached hydrogen (secondary N) is 1. The Balaban J connectivity index is 1.70. The van der Waals surface area contributed by atoms with E-state index >= 15 is 0 Å². The van der Waals surface area contributed by atoms with Crippen LogP contribution in [0.2, 0.25) is 0 Å². The summed E-state index contributed by atoms with van der Waals surface area (Å²) in [7, 11) is 4.57. The van der Waals surface area contributed by atoms with Gasteiger partial charge in [-0.15, -0.1) is 5.10 Å². The van der Waals surface area contributed by atoms with Gasteiger partial charge in [0.1, 0.15) is 5.69 Å². The summed E-state index contributed by atoms with van der Waals surface area (Å²) in [6.45, 7) is 4.02. The maximum absolute atomic E-state index is 12.2. The summed E-state index contributed by atoms with van der Waals surface area (Å²) in [5, 5.41) is 14.6. The van der Waals surface area contributed by atoms with E-state index in [2.05, 4.69) is 20.6 Å². The fraction of sp³-hybridized carbons (Fsp3) is 0.300. The molecule has 30 heavy (non-hydrogen) atoms. The first kappa shape index (κ1) is 20.9. The minimum absolute atomic E-state index is 0.0244. The van der Waals surface area contributed by atoms with Gasteiger partial charge in [-0.2, -0.15) is 5.10 Å². The van der Waals surface area contributed by atoms with Crippen LogP contribution in [0, 0.1) is 0 Å². The summed E-state index contributed by atoms with van der Waals surface area (Å²) >= 11 is 0. The van der Waals surface area contributed by atoms with Crippen molar-refractivity contribution in [1.82, 2.24) is 20.0 Å². The second-order valence-electron chi connectivity index (χ2n) is 6.47. The van der Waals surface area contributed by atoms with Gasteiger partial charge in [0.05, 0.1) is 21.3 Å². The number of benzene rings is 1. The van der Waals surface area contributed by atoms with E-state index in [4.69, 9.17) is 18.6 Å². The van der Waals surface area contributed by atoms with Crippen LogP contribution in [-0.4, -0.2) is 47.2 Å².